The van der Waals surface area contributed by atoms with Gasteiger partial charge in [-0.25, -0.2) is 8.93 Å². The number of para-hydroxylation sites is 1. The Morgan fingerprint density at radius 2 is 1.80 bits per heavy atom. The number of nitrogens with zero attached hydrogens (tertiary/aromatic N) is 3. The number of halogens is 3. The number of nitriles is 1. The molecule has 4 rings (SSSR count). The van der Waals surface area contributed by atoms with Gasteiger partial charge in [0.25, 0.3) is 5.91 Å². The quantitative estimate of drug-likeness (QED) is 0.198. The minimum Gasteiger partial charge on any atom is -0.348 e. The lowest BCUT2D eigenvalue weighted by Gasteiger charge is -2.18. The van der Waals surface area contributed by atoms with E-state index >= 15 is 0 Å². The molecular formula is C28H22F3N5O3S. The lowest BCUT2D eigenvalue weighted by molar-refractivity contribution is -0.141. The van der Waals surface area contributed by atoms with E-state index in [4.69, 9.17) is 5.26 Å². The monoisotopic (exact) mass is 565 g/mol. The molecule has 1 amide bonds. The van der Waals surface area contributed by atoms with Crippen molar-refractivity contribution in [2.45, 2.75) is 24.5 Å². The van der Waals surface area contributed by atoms with Gasteiger partial charge in [-0.3, -0.25) is 14.6 Å². The van der Waals surface area contributed by atoms with E-state index in [1.165, 1.54) is 24.4 Å². The summed E-state index contributed by atoms with van der Waals surface area (Å²) in [5, 5.41) is 11.4. The summed E-state index contributed by atoms with van der Waals surface area (Å²) >= 11 is 0. The van der Waals surface area contributed by atoms with E-state index in [1.54, 1.807) is 60.1 Å². The Labute approximate surface area is 227 Å². The topological polar surface area (TPSA) is 117 Å². The minimum absolute atomic E-state index is 0.00933. The van der Waals surface area contributed by atoms with Crippen LogP contribution in [0.3, 0.4) is 0 Å². The average Bonchev–Trinajstić information content (AvgIpc) is 2.92. The normalized spacial score (nSPS) is 12.7. The van der Waals surface area contributed by atoms with Crippen molar-refractivity contribution in [2.75, 3.05) is 0 Å². The first kappa shape index (κ1) is 28.1. The molecule has 0 radical (unpaired) electrons. The van der Waals surface area contributed by atoms with Crippen LogP contribution in [0.1, 0.15) is 27.3 Å². The molecule has 0 aliphatic carbocycles. The molecule has 0 aliphatic rings. The molecule has 2 aromatic carbocycles. The van der Waals surface area contributed by atoms with Crippen LogP contribution in [0.25, 0.3) is 16.8 Å². The highest BCUT2D eigenvalue weighted by atomic mass is 32.2. The number of hydrogen-bond acceptors (Lipinski definition) is 5. The summed E-state index contributed by atoms with van der Waals surface area (Å²) in [6.07, 6.45) is -0.805. The van der Waals surface area contributed by atoms with Gasteiger partial charge in [0.05, 0.1) is 14.6 Å². The van der Waals surface area contributed by atoms with E-state index in [-0.39, 0.29) is 28.1 Å². The second-order valence-corrected chi connectivity index (χ2v) is 10.7. The van der Waals surface area contributed by atoms with Crippen molar-refractivity contribution in [1.29, 1.82) is 5.26 Å². The number of rotatable bonds is 7. The molecule has 2 N–H and O–H groups in total. The van der Waals surface area contributed by atoms with Crippen LogP contribution >= 0.6 is 0 Å². The smallest absolute Gasteiger partial charge is 0.348 e. The number of aromatic nitrogens is 2. The molecule has 0 fully saturated rings. The molecular weight excluding hydrogens is 543 g/mol. The summed E-state index contributed by atoms with van der Waals surface area (Å²) in [5.74, 6) is 2.76. The Hall–Kier alpha value is -4.89. The van der Waals surface area contributed by atoms with E-state index in [1.807, 2.05) is 0 Å². The highest BCUT2D eigenvalue weighted by Crippen LogP contribution is 2.31. The third-order valence-corrected chi connectivity index (χ3v) is 7.49. The van der Waals surface area contributed by atoms with Gasteiger partial charge in [-0.05, 0) is 60.3 Å². The first-order valence-electron chi connectivity index (χ1n) is 11.7. The number of alkyl halides is 3. The molecule has 0 saturated carbocycles. The van der Waals surface area contributed by atoms with Crippen molar-refractivity contribution in [2.24, 2.45) is 0 Å². The molecule has 0 bridgehead atoms. The van der Waals surface area contributed by atoms with Crippen LogP contribution in [0, 0.1) is 18.4 Å². The molecule has 0 saturated heterocycles. The van der Waals surface area contributed by atoms with Crippen LogP contribution in [0.4, 0.5) is 13.2 Å². The Kier molecular flexibility index (Phi) is 7.79. The van der Waals surface area contributed by atoms with Crippen LogP contribution < -0.4 is 15.5 Å². The van der Waals surface area contributed by atoms with E-state index in [9.17, 15) is 27.0 Å². The maximum absolute atomic E-state index is 13.6. The Morgan fingerprint density at radius 1 is 1.12 bits per heavy atom. The highest BCUT2D eigenvalue weighted by Gasteiger charge is 2.33. The minimum atomic E-state index is -4.72. The van der Waals surface area contributed by atoms with Crippen LogP contribution in [0.15, 0.2) is 88.8 Å². The fourth-order valence-electron chi connectivity index (χ4n) is 4.04. The predicted octanol–water partition coefficient (Wildman–Crippen LogP) is 4.22. The van der Waals surface area contributed by atoms with Crippen LogP contribution in [-0.4, -0.2) is 25.5 Å². The van der Waals surface area contributed by atoms with Crippen molar-refractivity contribution in [3.63, 3.8) is 0 Å². The van der Waals surface area contributed by atoms with Crippen molar-refractivity contribution < 1.29 is 22.2 Å². The number of carbonyl (C=O) groups excluding carboxylic acids is 1. The van der Waals surface area contributed by atoms with Gasteiger partial charge >= 0.3 is 6.18 Å². The van der Waals surface area contributed by atoms with Gasteiger partial charge in [-0.1, -0.05) is 30.3 Å². The third-order valence-electron chi connectivity index (χ3n) is 6.04. The number of nitrogens with one attached hydrogen (secondary N) is 2. The Bertz CT molecular complexity index is 1780. The van der Waals surface area contributed by atoms with Crippen LogP contribution in [0.5, 0.6) is 0 Å². The first-order valence-corrected chi connectivity index (χ1v) is 13.4. The summed E-state index contributed by atoms with van der Waals surface area (Å²) < 4.78 is 56.2. The Morgan fingerprint density at radius 3 is 2.42 bits per heavy atom. The molecule has 4 aromatic rings. The van der Waals surface area contributed by atoms with Gasteiger partial charge in [0.2, 0.25) is 5.43 Å². The predicted molar refractivity (Wildman–Crippen MR) is 145 cm³/mol. The summed E-state index contributed by atoms with van der Waals surface area (Å²) in [7, 11) is -3.00. The van der Waals surface area contributed by atoms with Gasteiger partial charge in [0.15, 0.2) is 6.19 Å². The summed E-state index contributed by atoms with van der Waals surface area (Å²) in [6, 6.07) is 17.0. The van der Waals surface area contributed by atoms with E-state index in [0.717, 1.165) is 12.3 Å². The molecule has 204 valence electrons. The van der Waals surface area contributed by atoms with Gasteiger partial charge in [-0.2, -0.15) is 18.4 Å². The van der Waals surface area contributed by atoms with Crippen LogP contribution in [-0.2, 0) is 22.4 Å². The van der Waals surface area contributed by atoms with Gasteiger partial charge < -0.3 is 9.88 Å². The zero-order valence-electron chi connectivity index (χ0n) is 21.0. The Balaban J connectivity index is 1.74. The number of benzene rings is 2. The van der Waals surface area contributed by atoms with Gasteiger partial charge in [0.1, 0.15) is 11.3 Å². The fraction of sp³-hybridized carbons (Fsp3) is 0.107. The second kappa shape index (κ2) is 11.1. The molecule has 1 atom stereocenters. The lowest BCUT2D eigenvalue weighted by atomic mass is 10.0. The van der Waals surface area contributed by atoms with Crippen molar-refractivity contribution in [3.8, 4) is 23.0 Å². The number of amides is 1. The molecule has 0 aliphatic heterocycles. The second-order valence-electron chi connectivity index (χ2n) is 8.68. The van der Waals surface area contributed by atoms with Crippen LogP contribution in [0.2, 0.25) is 0 Å². The van der Waals surface area contributed by atoms with Crippen molar-refractivity contribution >= 4 is 21.5 Å². The van der Waals surface area contributed by atoms with Gasteiger partial charge in [-0.15, -0.1) is 0 Å². The number of carbonyl (C=O) groups is 1. The largest absolute Gasteiger partial charge is 0.433 e. The number of hydrogen-bond donors (Lipinski definition) is 2. The molecule has 12 heteroatoms. The maximum atomic E-state index is 13.6. The molecule has 1 unspecified atom stereocenters. The lowest BCUT2D eigenvalue weighted by Crippen LogP contribution is -2.30. The van der Waals surface area contributed by atoms with Gasteiger partial charge in [0, 0.05) is 35.9 Å². The zero-order valence-corrected chi connectivity index (χ0v) is 21.8. The summed E-state index contributed by atoms with van der Waals surface area (Å²) in [6.45, 7) is 1.58. The van der Waals surface area contributed by atoms with E-state index < -0.39 is 32.9 Å². The molecule has 8 nitrogen and oxygen atoms in total. The van der Waals surface area contributed by atoms with E-state index in [0.29, 0.717) is 16.9 Å². The van der Waals surface area contributed by atoms with E-state index in [2.05, 4.69) is 20.9 Å². The van der Waals surface area contributed by atoms with Crippen molar-refractivity contribution in [1.82, 2.24) is 19.6 Å². The third kappa shape index (κ3) is 5.89. The fourth-order valence-corrected chi connectivity index (χ4v) is 4.88. The molecule has 40 heavy (non-hydrogen) atoms. The highest BCUT2D eigenvalue weighted by molar-refractivity contribution is 7.98. The molecule has 0 spiro atoms. The average molecular weight is 566 g/mol. The summed E-state index contributed by atoms with van der Waals surface area (Å²) in [4.78, 5) is 30.5. The maximum Gasteiger partial charge on any atom is 0.433 e. The summed E-state index contributed by atoms with van der Waals surface area (Å²) in [5.41, 5.74) is -0.731. The first-order chi connectivity index (χ1) is 18.9. The SMILES string of the molecule is C=S(=O)(NC#N)c1ccc(CNC(=O)c2cn(-c3ccccc3)c(C)c(-c3ccnc(C(F)(F)F)c3)c2=O)cc1. The molecule has 2 aromatic heterocycles. The zero-order chi connectivity index (χ0) is 29.1. The standard InChI is InChI=1S/C28H22F3N5O3S/c1-18-25(20-12-13-33-24(14-20)28(29,30)31)26(37)23(16-36(18)21-6-4-3-5-7-21)27(38)34-15-19-8-10-22(11-9-19)40(2,39)35-17-32/h3-14,16H,2,15H2,1H3,(H,34,38)(H,35,39). The molecule has 2 heterocycles. The van der Waals surface area contributed by atoms with Crippen molar-refractivity contribution in [3.05, 3.63) is 112 Å². The number of pyridine rings is 2.